The highest BCUT2D eigenvalue weighted by Gasteiger charge is 2.16. The largest absolute Gasteiger partial charge is 0.454 e. The summed E-state index contributed by atoms with van der Waals surface area (Å²) in [5, 5.41) is 26.9. The number of carbonyl (C=O) groups is 1. The molecule has 0 radical (unpaired) electrons. The predicted molar refractivity (Wildman–Crippen MR) is 115 cm³/mol. The Balaban J connectivity index is 1.31. The van der Waals surface area contributed by atoms with E-state index in [2.05, 4.69) is 20.6 Å². The minimum Gasteiger partial charge on any atom is -0.454 e. The summed E-state index contributed by atoms with van der Waals surface area (Å²) in [4.78, 5) is 23.0. The summed E-state index contributed by atoms with van der Waals surface area (Å²) < 4.78 is 12.1. The molecule has 1 aliphatic rings. The van der Waals surface area contributed by atoms with Gasteiger partial charge in [0.15, 0.2) is 17.1 Å². The van der Waals surface area contributed by atoms with Gasteiger partial charge in [-0.3, -0.25) is 14.9 Å². The molecular weight excluding hydrogens is 436 g/mol. The number of carbonyl (C=O) groups excluding carboxylic acids is 1. The van der Waals surface area contributed by atoms with Crippen LogP contribution in [0.4, 0.5) is 11.4 Å². The van der Waals surface area contributed by atoms with Crippen LogP contribution < -0.4 is 14.8 Å². The van der Waals surface area contributed by atoms with E-state index in [0.29, 0.717) is 39.2 Å². The first kappa shape index (κ1) is 19.8. The van der Waals surface area contributed by atoms with E-state index in [-0.39, 0.29) is 24.1 Å². The van der Waals surface area contributed by atoms with Crippen molar-refractivity contribution < 1.29 is 19.2 Å². The fourth-order valence-corrected chi connectivity index (χ4v) is 3.78. The SMILES string of the molecule is O=C(CSc1nnc2ccc(-c3cccc([N+](=O)[O-])c3)nn12)Nc1ccc2c(c1)OCO2. The zero-order valence-electron chi connectivity index (χ0n) is 16.3. The second kappa shape index (κ2) is 8.15. The number of nitrogens with zero attached hydrogens (tertiary/aromatic N) is 5. The minimum atomic E-state index is -0.457. The number of ether oxygens (including phenoxy) is 2. The number of fused-ring (bicyclic) bond motifs is 2. The second-order valence-corrected chi connectivity index (χ2v) is 7.63. The van der Waals surface area contributed by atoms with Gasteiger partial charge in [0.1, 0.15) is 0 Å². The Labute approximate surface area is 184 Å². The molecule has 2 aromatic heterocycles. The topological polar surface area (TPSA) is 134 Å². The van der Waals surface area contributed by atoms with Gasteiger partial charge in [0.25, 0.3) is 5.69 Å². The Morgan fingerprint density at radius 2 is 2.00 bits per heavy atom. The summed E-state index contributed by atoms with van der Waals surface area (Å²) in [6, 6.07) is 14.8. The maximum Gasteiger partial charge on any atom is 0.270 e. The Morgan fingerprint density at radius 3 is 2.88 bits per heavy atom. The maximum absolute atomic E-state index is 12.4. The first-order valence-corrected chi connectivity index (χ1v) is 10.3. The standard InChI is InChI=1S/C20H14N6O5S/c27-19(21-13-4-6-16-17(9-13)31-11-30-16)10-32-20-23-22-18-7-5-15(24-25(18)20)12-2-1-3-14(8-12)26(28)29/h1-9H,10-11H2,(H,21,27). The number of nitro groups is 1. The van der Waals surface area contributed by atoms with Crippen molar-refractivity contribution in [1.82, 2.24) is 19.8 Å². The van der Waals surface area contributed by atoms with E-state index in [4.69, 9.17) is 9.47 Å². The zero-order valence-corrected chi connectivity index (χ0v) is 17.1. The van der Waals surface area contributed by atoms with Crippen LogP contribution >= 0.6 is 11.8 Å². The molecule has 0 saturated heterocycles. The van der Waals surface area contributed by atoms with Crippen LogP contribution in [0.5, 0.6) is 11.5 Å². The number of nitrogens with one attached hydrogen (secondary N) is 1. The number of rotatable bonds is 6. The van der Waals surface area contributed by atoms with Gasteiger partial charge in [-0.2, -0.15) is 9.61 Å². The number of hydrogen-bond acceptors (Lipinski definition) is 9. The van der Waals surface area contributed by atoms with E-state index in [0.717, 1.165) is 0 Å². The molecule has 0 aliphatic carbocycles. The highest BCUT2D eigenvalue weighted by atomic mass is 32.2. The third-order valence-electron chi connectivity index (χ3n) is 4.58. The molecule has 3 heterocycles. The Morgan fingerprint density at radius 1 is 1.12 bits per heavy atom. The number of anilines is 1. The number of hydrogen-bond donors (Lipinski definition) is 1. The molecule has 0 saturated carbocycles. The average molecular weight is 450 g/mol. The number of nitro benzene ring substituents is 1. The van der Waals surface area contributed by atoms with Gasteiger partial charge in [-0.25, -0.2) is 0 Å². The van der Waals surface area contributed by atoms with Crippen molar-refractivity contribution in [2.75, 3.05) is 17.9 Å². The molecule has 0 atom stereocenters. The van der Waals surface area contributed by atoms with Gasteiger partial charge in [-0.1, -0.05) is 23.9 Å². The molecular formula is C20H14N6O5S. The van der Waals surface area contributed by atoms with Gasteiger partial charge < -0.3 is 14.8 Å². The smallest absolute Gasteiger partial charge is 0.270 e. The number of benzene rings is 2. The van der Waals surface area contributed by atoms with Crippen molar-refractivity contribution in [2.24, 2.45) is 0 Å². The molecule has 32 heavy (non-hydrogen) atoms. The normalized spacial score (nSPS) is 12.1. The Bertz CT molecular complexity index is 1360. The molecule has 11 nitrogen and oxygen atoms in total. The number of thioether (sulfide) groups is 1. The lowest BCUT2D eigenvalue weighted by Crippen LogP contribution is -2.14. The summed E-state index contributed by atoms with van der Waals surface area (Å²) >= 11 is 1.17. The summed E-state index contributed by atoms with van der Waals surface area (Å²) in [7, 11) is 0. The summed E-state index contributed by atoms with van der Waals surface area (Å²) in [5.74, 6) is 1.06. The molecule has 0 spiro atoms. The fourth-order valence-electron chi connectivity index (χ4n) is 3.09. The lowest BCUT2D eigenvalue weighted by molar-refractivity contribution is -0.384. The monoisotopic (exact) mass is 450 g/mol. The van der Waals surface area contributed by atoms with Gasteiger partial charge in [0, 0.05) is 29.4 Å². The molecule has 12 heteroatoms. The minimum absolute atomic E-state index is 0.0251. The number of non-ortho nitro benzene ring substituents is 1. The van der Waals surface area contributed by atoms with Gasteiger partial charge in [0.05, 0.1) is 16.4 Å². The lowest BCUT2D eigenvalue weighted by atomic mass is 10.1. The van der Waals surface area contributed by atoms with E-state index in [1.165, 1.54) is 28.4 Å². The van der Waals surface area contributed by atoms with Crippen molar-refractivity contribution >= 4 is 34.7 Å². The van der Waals surface area contributed by atoms with E-state index >= 15 is 0 Å². The number of aromatic nitrogens is 4. The maximum atomic E-state index is 12.4. The zero-order chi connectivity index (χ0) is 22.1. The van der Waals surface area contributed by atoms with Crippen LogP contribution in [0.1, 0.15) is 0 Å². The first-order chi connectivity index (χ1) is 15.6. The van der Waals surface area contributed by atoms with E-state index in [1.54, 1.807) is 42.5 Å². The molecule has 0 bridgehead atoms. The van der Waals surface area contributed by atoms with Crippen molar-refractivity contribution in [2.45, 2.75) is 5.16 Å². The van der Waals surface area contributed by atoms with Crippen molar-refractivity contribution in [3.8, 4) is 22.8 Å². The van der Waals surface area contributed by atoms with Crippen molar-refractivity contribution in [3.05, 3.63) is 64.7 Å². The van der Waals surface area contributed by atoms with Crippen molar-refractivity contribution in [3.63, 3.8) is 0 Å². The summed E-state index contributed by atoms with van der Waals surface area (Å²) in [5.41, 5.74) is 2.18. The molecule has 160 valence electrons. The van der Waals surface area contributed by atoms with Gasteiger partial charge >= 0.3 is 0 Å². The lowest BCUT2D eigenvalue weighted by Gasteiger charge is -2.06. The van der Waals surface area contributed by atoms with Crippen LogP contribution in [0.2, 0.25) is 0 Å². The molecule has 1 amide bonds. The van der Waals surface area contributed by atoms with E-state index in [9.17, 15) is 14.9 Å². The molecule has 0 unspecified atom stereocenters. The van der Waals surface area contributed by atoms with Crippen LogP contribution in [0.25, 0.3) is 16.9 Å². The molecule has 0 fully saturated rings. The van der Waals surface area contributed by atoms with Crippen LogP contribution in [-0.2, 0) is 4.79 Å². The van der Waals surface area contributed by atoms with Crippen molar-refractivity contribution in [1.29, 1.82) is 0 Å². The molecule has 1 N–H and O–H groups in total. The highest BCUT2D eigenvalue weighted by Crippen LogP contribution is 2.34. The number of amides is 1. The molecule has 2 aromatic carbocycles. The quantitative estimate of drug-likeness (QED) is 0.267. The van der Waals surface area contributed by atoms with Gasteiger partial charge in [-0.15, -0.1) is 10.2 Å². The van der Waals surface area contributed by atoms with Gasteiger partial charge in [0.2, 0.25) is 17.9 Å². The molecule has 4 aromatic rings. The van der Waals surface area contributed by atoms with Crippen LogP contribution in [0.3, 0.4) is 0 Å². The highest BCUT2D eigenvalue weighted by molar-refractivity contribution is 7.99. The molecule has 5 rings (SSSR count). The van der Waals surface area contributed by atoms with E-state index < -0.39 is 4.92 Å². The third kappa shape index (κ3) is 3.90. The third-order valence-corrected chi connectivity index (χ3v) is 5.49. The predicted octanol–water partition coefficient (Wildman–Crippen LogP) is 3.16. The Kier molecular flexibility index (Phi) is 5.03. The summed E-state index contributed by atoms with van der Waals surface area (Å²) in [6.45, 7) is 0.161. The summed E-state index contributed by atoms with van der Waals surface area (Å²) in [6.07, 6.45) is 0. The van der Waals surface area contributed by atoms with Crippen LogP contribution in [0, 0.1) is 10.1 Å². The Hall–Kier alpha value is -4.19. The van der Waals surface area contributed by atoms with Crippen LogP contribution in [-0.4, -0.2) is 43.2 Å². The average Bonchev–Trinajstić information content (AvgIpc) is 3.43. The van der Waals surface area contributed by atoms with E-state index in [1.807, 2.05) is 0 Å². The first-order valence-electron chi connectivity index (χ1n) is 9.36. The van der Waals surface area contributed by atoms with Gasteiger partial charge in [-0.05, 0) is 24.3 Å². The molecule has 1 aliphatic heterocycles. The second-order valence-electron chi connectivity index (χ2n) is 6.68. The van der Waals surface area contributed by atoms with Crippen LogP contribution in [0.15, 0.2) is 59.8 Å². The fraction of sp³-hybridized carbons (Fsp3) is 0.100.